The van der Waals surface area contributed by atoms with Gasteiger partial charge in [0, 0.05) is 57.7 Å². The summed E-state index contributed by atoms with van der Waals surface area (Å²) < 4.78 is 4.37. The van der Waals surface area contributed by atoms with E-state index in [9.17, 15) is 0 Å². The highest BCUT2D eigenvalue weighted by molar-refractivity contribution is 14.0. The van der Waals surface area contributed by atoms with E-state index >= 15 is 0 Å². The van der Waals surface area contributed by atoms with Crippen LogP contribution in [0, 0.1) is 11.3 Å². The van der Waals surface area contributed by atoms with Crippen LogP contribution < -0.4 is 10.2 Å². The van der Waals surface area contributed by atoms with Crippen LogP contribution in [-0.4, -0.2) is 53.4 Å². The number of hydrogen-bond acceptors (Lipinski definition) is 6. The Labute approximate surface area is 181 Å². The first-order valence-corrected chi connectivity index (χ1v) is 9.53. The van der Waals surface area contributed by atoms with E-state index in [0.717, 1.165) is 55.1 Å². The van der Waals surface area contributed by atoms with Crippen LogP contribution in [0.4, 0.5) is 5.13 Å². The van der Waals surface area contributed by atoms with Crippen molar-refractivity contribution in [2.24, 2.45) is 4.99 Å². The van der Waals surface area contributed by atoms with Crippen molar-refractivity contribution < 1.29 is 0 Å². The largest absolute Gasteiger partial charge is 0.352 e. The van der Waals surface area contributed by atoms with Crippen molar-refractivity contribution in [3.05, 3.63) is 41.2 Å². The SMILES string of the molecule is CCc1nsc(N2CCN(C(=NC)NCc3ccc(C#N)cc3)CC2)n1.I. The molecule has 1 N–H and O–H groups in total. The molecule has 0 saturated carbocycles. The molecule has 3 rings (SSSR count). The fourth-order valence-electron chi connectivity index (χ4n) is 2.84. The van der Waals surface area contributed by atoms with Crippen molar-refractivity contribution in [1.82, 2.24) is 19.6 Å². The maximum atomic E-state index is 8.87. The van der Waals surface area contributed by atoms with Crippen LogP contribution in [0.3, 0.4) is 0 Å². The van der Waals surface area contributed by atoms with E-state index in [1.807, 2.05) is 31.3 Å². The van der Waals surface area contributed by atoms with Crippen molar-refractivity contribution >= 4 is 46.6 Å². The molecule has 1 saturated heterocycles. The Hall–Kier alpha value is -1.93. The quantitative estimate of drug-likeness (QED) is 0.397. The number of hydrogen-bond donors (Lipinski definition) is 1. The highest BCUT2D eigenvalue weighted by Gasteiger charge is 2.21. The van der Waals surface area contributed by atoms with Gasteiger partial charge in [-0.05, 0) is 17.7 Å². The average Bonchev–Trinajstić information content (AvgIpc) is 3.19. The van der Waals surface area contributed by atoms with Crippen LogP contribution in [0.1, 0.15) is 23.9 Å². The molecule has 0 amide bonds. The topological polar surface area (TPSA) is 80.4 Å². The molecule has 1 aliphatic rings. The second kappa shape index (κ2) is 10.4. The molecule has 1 aliphatic heterocycles. The van der Waals surface area contributed by atoms with Crippen LogP contribution in [-0.2, 0) is 13.0 Å². The lowest BCUT2D eigenvalue weighted by Gasteiger charge is -2.36. The molecule has 144 valence electrons. The molecule has 0 unspecified atom stereocenters. The van der Waals surface area contributed by atoms with Crippen molar-refractivity contribution in [1.29, 1.82) is 5.26 Å². The minimum absolute atomic E-state index is 0. The summed E-state index contributed by atoms with van der Waals surface area (Å²) in [5, 5.41) is 13.3. The number of aryl methyl sites for hydroxylation is 1. The number of benzene rings is 1. The van der Waals surface area contributed by atoms with E-state index < -0.39 is 0 Å². The van der Waals surface area contributed by atoms with E-state index in [0.29, 0.717) is 12.1 Å². The lowest BCUT2D eigenvalue weighted by atomic mass is 10.1. The lowest BCUT2D eigenvalue weighted by Crippen LogP contribution is -2.52. The zero-order valence-electron chi connectivity index (χ0n) is 15.6. The highest BCUT2D eigenvalue weighted by atomic mass is 127. The molecule has 0 aliphatic carbocycles. The molecule has 0 spiro atoms. The summed E-state index contributed by atoms with van der Waals surface area (Å²) in [6.07, 6.45) is 0.877. The van der Waals surface area contributed by atoms with Gasteiger partial charge in [-0.3, -0.25) is 4.99 Å². The number of guanidine groups is 1. The van der Waals surface area contributed by atoms with Crippen LogP contribution in [0.5, 0.6) is 0 Å². The molecule has 1 aromatic carbocycles. The number of piperazine rings is 1. The van der Waals surface area contributed by atoms with Gasteiger partial charge in [-0.15, -0.1) is 24.0 Å². The van der Waals surface area contributed by atoms with Gasteiger partial charge in [0.25, 0.3) is 0 Å². The minimum Gasteiger partial charge on any atom is -0.352 e. The Kier molecular flexibility index (Phi) is 8.24. The summed E-state index contributed by atoms with van der Waals surface area (Å²) in [5.41, 5.74) is 1.81. The van der Waals surface area contributed by atoms with Crippen LogP contribution in [0.15, 0.2) is 29.3 Å². The highest BCUT2D eigenvalue weighted by Crippen LogP contribution is 2.19. The molecule has 27 heavy (non-hydrogen) atoms. The molecule has 1 fully saturated rings. The number of aliphatic imine (C=N–C) groups is 1. The van der Waals surface area contributed by atoms with Gasteiger partial charge in [0.05, 0.1) is 11.6 Å². The number of nitrogens with one attached hydrogen (secondary N) is 1. The molecular weight excluding hydrogens is 473 g/mol. The van der Waals surface area contributed by atoms with E-state index in [-0.39, 0.29) is 24.0 Å². The third-order valence-electron chi connectivity index (χ3n) is 4.37. The Morgan fingerprint density at radius 3 is 2.52 bits per heavy atom. The predicted molar refractivity (Wildman–Crippen MR) is 120 cm³/mol. The Balaban J connectivity index is 0.00000261. The summed E-state index contributed by atoms with van der Waals surface area (Å²) in [6, 6.07) is 9.76. The van der Waals surface area contributed by atoms with Gasteiger partial charge in [-0.25, -0.2) is 4.98 Å². The zero-order chi connectivity index (χ0) is 18.4. The molecule has 9 heteroatoms. The minimum atomic E-state index is 0. The number of halogens is 1. The fraction of sp³-hybridized carbons (Fsp3) is 0.444. The van der Waals surface area contributed by atoms with Gasteiger partial charge in [-0.2, -0.15) is 9.64 Å². The van der Waals surface area contributed by atoms with E-state index in [1.165, 1.54) is 11.5 Å². The molecule has 2 heterocycles. The summed E-state index contributed by atoms with van der Waals surface area (Å²) in [7, 11) is 1.81. The Morgan fingerprint density at radius 2 is 1.96 bits per heavy atom. The second-order valence-corrected chi connectivity index (χ2v) is 6.76. The maximum Gasteiger partial charge on any atom is 0.205 e. The molecule has 1 aromatic heterocycles. The number of rotatable bonds is 4. The number of nitriles is 1. The smallest absolute Gasteiger partial charge is 0.205 e. The standard InChI is InChI=1S/C18H23N7S.HI/c1-3-16-22-18(26-23-16)25-10-8-24(9-11-25)17(20-2)21-13-15-6-4-14(12-19)5-7-15;/h4-7H,3,8-11,13H2,1-2H3,(H,20,21);1H. The monoisotopic (exact) mass is 497 g/mol. The van der Waals surface area contributed by atoms with Gasteiger partial charge in [0.1, 0.15) is 5.82 Å². The summed E-state index contributed by atoms with van der Waals surface area (Å²) in [5.74, 6) is 1.83. The van der Waals surface area contributed by atoms with Gasteiger partial charge >= 0.3 is 0 Å². The molecule has 0 bridgehead atoms. The van der Waals surface area contributed by atoms with Gasteiger partial charge < -0.3 is 15.1 Å². The Bertz CT molecular complexity index is 789. The third kappa shape index (κ3) is 5.52. The maximum absolute atomic E-state index is 8.87. The van der Waals surface area contributed by atoms with Gasteiger partial charge in [-0.1, -0.05) is 19.1 Å². The first-order valence-electron chi connectivity index (χ1n) is 8.75. The normalized spacial score (nSPS) is 14.5. The summed E-state index contributed by atoms with van der Waals surface area (Å²) >= 11 is 1.48. The van der Waals surface area contributed by atoms with Crippen molar-refractivity contribution in [2.75, 3.05) is 38.1 Å². The molecular formula is C18H24IN7S. The molecule has 7 nitrogen and oxygen atoms in total. The third-order valence-corrected chi connectivity index (χ3v) is 5.18. The van der Waals surface area contributed by atoms with Crippen molar-refractivity contribution in [3.8, 4) is 6.07 Å². The first kappa shape index (κ1) is 21.4. The number of aromatic nitrogens is 2. The van der Waals surface area contributed by atoms with Gasteiger partial charge in [0.2, 0.25) is 5.13 Å². The second-order valence-electron chi connectivity index (χ2n) is 6.03. The van der Waals surface area contributed by atoms with E-state index in [4.69, 9.17) is 5.26 Å². The molecule has 0 atom stereocenters. The van der Waals surface area contributed by atoms with Crippen LogP contribution in [0.25, 0.3) is 0 Å². The van der Waals surface area contributed by atoms with E-state index in [1.54, 1.807) is 0 Å². The first-order chi connectivity index (χ1) is 12.7. The number of nitrogens with zero attached hydrogens (tertiary/aromatic N) is 6. The lowest BCUT2D eigenvalue weighted by molar-refractivity contribution is 0.372. The fourth-order valence-corrected chi connectivity index (χ4v) is 3.64. The summed E-state index contributed by atoms with van der Waals surface area (Å²) in [6.45, 7) is 6.39. The van der Waals surface area contributed by atoms with Crippen LogP contribution >= 0.6 is 35.5 Å². The molecule has 0 radical (unpaired) electrons. The van der Waals surface area contributed by atoms with Crippen molar-refractivity contribution in [2.45, 2.75) is 19.9 Å². The van der Waals surface area contributed by atoms with E-state index in [2.05, 4.69) is 42.5 Å². The summed E-state index contributed by atoms with van der Waals surface area (Å²) in [4.78, 5) is 13.5. The van der Waals surface area contributed by atoms with Gasteiger partial charge in [0.15, 0.2) is 5.96 Å². The van der Waals surface area contributed by atoms with Crippen molar-refractivity contribution in [3.63, 3.8) is 0 Å². The van der Waals surface area contributed by atoms with Crippen LogP contribution in [0.2, 0.25) is 0 Å². The average molecular weight is 497 g/mol. The predicted octanol–water partition coefficient (Wildman–Crippen LogP) is 2.49. The molecule has 2 aromatic rings. The Morgan fingerprint density at radius 1 is 1.26 bits per heavy atom. The zero-order valence-corrected chi connectivity index (χ0v) is 18.7. The number of anilines is 1.